The third-order valence-corrected chi connectivity index (χ3v) is 16.6. The summed E-state index contributed by atoms with van der Waals surface area (Å²) in [5.74, 6) is 1.69. The second-order valence-electron chi connectivity index (χ2n) is 17.7. The van der Waals surface area contributed by atoms with Crippen LogP contribution in [-0.2, 0) is 44.3 Å². The quantitative estimate of drug-likeness (QED) is 0.183. The van der Waals surface area contributed by atoms with Crippen LogP contribution in [0.15, 0.2) is 64.8 Å². The Kier molecular flexibility index (Phi) is 15.2. The molecule has 0 spiro atoms. The minimum atomic E-state index is -3.75. The number of fused-ring (bicyclic) bond motifs is 1. The minimum Gasteiger partial charge on any atom is -0.379 e. The second-order valence-corrected chi connectivity index (χ2v) is 20.5. The highest BCUT2D eigenvalue weighted by Gasteiger charge is 2.61. The number of morpholine rings is 2. The van der Waals surface area contributed by atoms with Gasteiger partial charge in [-0.25, -0.2) is 24.4 Å². The van der Waals surface area contributed by atoms with Crippen molar-refractivity contribution in [3.63, 3.8) is 0 Å². The lowest BCUT2D eigenvalue weighted by Crippen LogP contribution is -2.64. The molecule has 22 heteroatoms. The molecule has 3 aliphatic carbocycles. The van der Waals surface area contributed by atoms with Crippen LogP contribution >= 0.6 is 23.2 Å². The molecule has 2 saturated carbocycles. The van der Waals surface area contributed by atoms with E-state index in [-0.39, 0.29) is 41.2 Å². The number of urea groups is 1. The maximum absolute atomic E-state index is 15.0. The molecule has 8 rings (SSSR count). The van der Waals surface area contributed by atoms with E-state index in [0.717, 1.165) is 0 Å². The molecule has 4 fully saturated rings. The number of hydrogen-bond donors (Lipinski definition) is 2. The summed E-state index contributed by atoms with van der Waals surface area (Å²) in [7, 11) is 2.64. The topological polar surface area (TPSA) is 173 Å². The van der Waals surface area contributed by atoms with Crippen molar-refractivity contribution >= 4 is 51.5 Å². The lowest BCUT2D eigenvalue weighted by Gasteiger charge is -2.53. The van der Waals surface area contributed by atoms with Gasteiger partial charge >= 0.3 is 6.03 Å². The summed E-state index contributed by atoms with van der Waals surface area (Å²) in [6, 6.07) is 7.89. The average Bonchev–Trinajstić information content (AvgIpc) is 3.34. The summed E-state index contributed by atoms with van der Waals surface area (Å²) >= 11 is 12.8. The van der Waals surface area contributed by atoms with Crippen LogP contribution in [0.5, 0.6) is 0 Å². The lowest BCUT2D eigenvalue weighted by molar-refractivity contribution is -0.383. The van der Waals surface area contributed by atoms with Crippen LogP contribution in [0.3, 0.4) is 0 Å². The van der Waals surface area contributed by atoms with Crippen molar-refractivity contribution in [2.75, 3.05) is 86.2 Å². The Morgan fingerprint density at radius 2 is 1.36 bits per heavy atom. The zero-order chi connectivity index (χ0) is 47.7. The van der Waals surface area contributed by atoms with Crippen molar-refractivity contribution in [2.45, 2.75) is 92.9 Å². The molecule has 2 amide bonds. The summed E-state index contributed by atoms with van der Waals surface area (Å²) in [6.45, 7) is 3.29. The second kappa shape index (κ2) is 20.4. The zero-order valence-electron chi connectivity index (χ0n) is 38.2. The molecule has 67 heavy (non-hydrogen) atoms. The van der Waals surface area contributed by atoms with E-state index in [2.05, 4.69) is 5.32 Å². The fourth-order valence-electron chi connectivity index (χ4n) is 10.0. The molecule has 3 N–H and O–H groups in total. The molecule has 2 unspecified atom stereocenters. The number of halogens is 4. The third kappa shape index (κ3) is 9.83. The van der Waals surface area contributed by atoms with Gasteiger partial charge in [0, 0.05) is 89.5 Å². The number of amides is 2. The normalized spacial score (nSPS) is 29.3. The Balaban J connectivity index is 1.18. The number of hydrazine groups is 1. The number of nitrogens with two attached hydrogens (primary N) is 1. The highest BCUT2D eigenvalue weighted by molar-refractivity contribution is 7.86. The average molecular weight is 998 g/mol. The van der Waals surface area contributed by atoms with Gasteiger partial charge in [0.25, 0.3) is 10.2 Å². The Hall–Kier alpha value is -3.51. The van der Waals surface area contributed by atoms with E-state index in [1.165, 1.54) is 70.6 Å². The minimum absolute atomic E-state index is 0.0460. The number of aliphatic imine (C=N–C) groups is 1. The number of carbonyl (C=O) groups excluding carboxylic acids is 1. The SMILES string of the molecule is COC1(OC)C=C2C(=CC1(OC1CCC(N(C)C(=O)N3CCOCC3)CC1)OC1CCC(N(C)S(=O)(=O)N3CCOCC3)CC1)C(Nc1ccc(F)c(Cl)c1)(c1ccc(F)c(Cl)c1)N=CN2N. The number of rotatable bonds is 13. The van der Waals surface area contributed by atoms with E-state index >= 15 is 0 Å². The lowest BCUT2D eigenvalue weighted by atomic mass is 9.80. The number of nitrogens with zero attached hydrogens (tertiary/aromatic N) is 6. The number of hydrogen-bond acceptors (Lipinski definition) is 13. The standard InChI is InChI=1S/C45H60Cl2F2N8O9S/c1-53(42(58)55-17-21-63-22-18-55)32-7-11-34(12-8-32)65-44(66-35-13-9-33(10-14-35)54(2)67(59,60)56-19-23-64-24-20-56)27-36-41(28-43(44,61-3)62-4)57(50)29-51-45(36,30-5-15-39(48)37(46)25-30)52-31-6-16-40(49)38(47)26-31/h5-6,15-16,25-29,32-35,52H,7-14,17-24,50H2,1-4H3. The third-order valence-electron chi connectivity index (χ3n) is 13.9. The molecule has 0 radical (unpaired) electrons. The van der Waals surface area contributed by atoms with Gasteiger partial charge < -0.3 is 43.5 Å². The Bertz CT molecular complexity index is 2320. The Morgan fingerprint density at radius 3 is 1.93 bits per heavy atom. The largest absolute Gasteiger partial charge is 0.379 e. The molecule has 0 bridgehead atoms. The van der Waals surface area contributed by atoms with Crippen LogP contribution in [0.4, 0.5) is 19.3 Å². The Morgan fingerprint density at radius 1 is 0.806 bits per heavy atom. The molecular formula is C45H60Cl2F2N8O9S. The van der Waals surface area contributed by atoms with E-state index in [1.54, 1.807) is 24.1 Å². The van der Waals surface area contributed by atoms with Crippen LogP contribution in [0.1, 0.15) is 56.9 Å². The van der Waals surface area contributed by atoms with Gasteiger partial charge in [-0.15, -0.1) is 0 Å². The monoisotopic (exact) mass is 996 g/mol. The van der Waals surface area contributed by atoms with Gasteiger partial charge in [-0.05, 0) is 87.8 Å². The van der Waals surface area contributed by atoms with E-state index in [9.17, 15) is 22.0 Å². The molecule has 3 aliphatic heterocycles. The molecule has 6 aliphatic rings. The summed E-state index contributed by atoms with van der Waals surface area (Å²) in [4.78, 5) is 22.1. The van der Waals surface area contributed by atoms with Crippen LogP contribution in [-0.4, -0.2) is 161 Å². The molecule has 2 atom stereocenters. The van der Waals surface area contributed by atoms with E-state index < -0.39 is 51.3 Å². The molecule has 2 aromatic carbocycles. The number of carbonyl (C=O) groups is 1. The first-order chi connectivity index (χ1) is 32.0. The Labute approximate surface area is 400 Å². The van der Waals surface area contributed by atoms with Crippen molar-refractivity contribution in [3.8, 4) is 0 Å². The number of ether oxygens (including phenoxy) is 6. The summed E-state index contributed by atoms with van der Waals surface area (Å²) in [6.07, 6.45) is 7.93. The van der Waals surface area contributed by atoms with Crippen LogP contribution in [0.25, 0.3) is 0 Å². The summed E-state index contributed by atoms with van der Waals surface area (Å²) in [5.41, 5.74) is -0.245. The molecular weight excluding hydrogens is 938 g/mol. The smallest absolute Gasteiger partial charge is 0.320 e. The van der Waals surface area contributed by atoms with E-state index in [1.807, 2.05) is 11.9 Å². The van der Waals surface area contributed by atoms with Gasteiger partial charge in [-0.2, -0.15) is 17.0 Å². The van der Waals surface area contributed by atoms with E-state index in [4.69, 9.17) is 62.5 Å². The molecule has 17 nitrogen and oxygen atoms in total. The van der Waals surface area contributed by atoms with Crippen molar-refractivity contribution in [1.29, 1.82) is 0 Å². The van der Waals surface area contributed by atoms with Crippen LogP contribution in [0.2, 0.25) is 10.0 Å². The van der Waals surface area contributed by atoms with Gasteiger partial charge in [0.05, 0.1) is 54.4 Å². The van der Waals surface area contributed by atoms with Crippen LogP contribution < -0.4 is 11.2 Å². The maximum Gasteiger partial charge on any atom is 0.320 e. The van der Waals surface area contributed by atoms with Crippen molar-refractivity contribution < 1.29 is 50.4 Å². The van der Waals surface area contributed by atoms with Gasteiger partial charge in [-0.3, -0.25) is 5.01 Å². The van der Waals surface area contributed by atoms with E-state index in [0.29, 0.717) is 113 Å². The fraction of sp³-hybridized carbons (Fsp3) is 0.600. The number of nitrogens with one attached hydrogen (secondary N) is 1. The van der Waals surface area contributed by atoms with Gasteiger partial charge in [0.1, 0.15) is 18.0 Å². The predicted octanol–water partition coefficient (Wildman–Crippen LogP) is 5.81. The number of methoxy groups -OCH3 is 2. The number of benzene rings is 2. The van der Waals surface area contributed by atoms with Gasteiger partial charge in [0.15, 0.2) is 5.66 Å². The first-order valence-corrected chi connectivity index (χ1v) is 24.8. The summed E-state index contributed by atoms with van der Waals surface area (Å²) < 4.78 is 98.2. The van der Waals surface area contributed by atoms with Crippen LogP contribution in [0, 0.1) is 11.6 Å². The van der Waals surface area contributed by atoms with Crippen molar-refractivity contribution in [1.82, 2.24) is 23.4 Å². The zero-order valence-corrected chi connectivity index (χ0v) is 40.5. The highest BCUT2D eigenvalue weighted by atomic mass is 35.5. The number of anilines is 1. The van der Waals surface area contributed by atoms with Gasteiger partial charge in [-0.1, -0.05) is 29.3 Å². The predicted molar refractivity (Wildman–Crippen MR) is 247 cm³/mol. The first kappa shape index (κ1) is 49.9. The van der Waals surface area contributed by atoms with Gasteiger partial charge in [0.2, 0.25) is 11.6 Å². The summed E-state index contributed by atoms with van der Waals surface area (Å²) in [5, 5.41) is 4.38. The maximum atomic E-state index is 15.0. The first-order valence-electron chi connectivity index (χ1n) is 22.7. The molecule has 2 aromatic rings. The molecule has 368 valence electrons. The van der Waals surface area contributed by atoms with Crippen molar-refractivity contribution in [2.24, 2.45) is 10.8 Å². The van der Waals surface area contributed by atoms with Crippen molar-refractivity contribution in [3.05, 3.63) is 87.1 Å². The molecule has 3 heterocycles. The highest BCUT2D eigenvalue weighted by Crippen LogP contribution is 2.52. The fourth-order valence-corrected chi connectivity index (χ4v) is 11.9. The molecule has 0 aromatic heterocycles. The molecule has 2 saturated heterocycles.